The van der Waals surface area contributed by atoms with Gasteiger partial charge >= 0.3 is 0 Å². The summed E-state index contributed by atoms with van der Waals surface area (Å²) >= 11 is 0. The zero-order valence-electron chi connectivity index (χ0n) is 16.8. The van der Waals surface area contributed by atoms with Gasteiger partial charge in [0.15, 0.2) is 18.1 Å². The van der Waals surface area contributed by atoms with Crippen LogP contribution >= 0.6 is 0 Å². The number of likely N-dealkylation sites (tertiary alicyclic amines) is 1. The fraction of sp³-hybridized carbons (Fsp3) is 0.619. The van der Waals surface area contributed by atoms with E-state index in [9.17, 15) is 9.59 Å². The molecule has 0 bridgehead atoms. The van der Waals surface area contributed by atoms with Crippen molar-refractivity contribution < 1.29 is 19.1 Å². The van der Waals surface area contributed by atoms with Gasteiger partial charge in [-0.1, -0.05) is 13.8 Å². The fourth-order valence-corrected chi connectivity index (χ4v) is 3.17. The van der Waals surface area contributed by atoms with Crippen molar-refractivity contribution in [3.05, 3.63) is 23.8 Å². The number of carbonyl (C=O) groups excluding carboxylic acids is 2. The van der Waals surface area contributed by atoms with Crippen LogP contribution in [0.3, 0.4) is 0 Å². The number of nitrogens with one attached hydrogen (secondary N) is 1. The Morgan fingerprint density at radius 3 is 2.37 bits per heavy atom. The molecule has 0 radical (unpaired) electrons. The number of amides is 2. The Balaban J connectivity index is 2.03. The Labute approximate surface area is 162 Å². The molecule has 0 aliphatic carbocycles. The lowest BCUT2D eigenvalue weighted by molar-refractivity contribution is -0.134. The zero-order chi connectivity index (χ0) is 19.6. The molecular formula is C21H32N2O4. The molecule has 1 saturated heterocycles. The number of rotatable bonds is 9. The highest BCUT2D eigenvalue weighted by atomic mass is 16.5. The molecule has 1 aromatic carbocycles. The van der Waals surface area contributed by atoms with E-state index in [4.69, 9.17) is 9.47 Å². The molecule has 1 aliphatic rings. The van der Waals surface area contributed by atoms with E-state index < -0.39 is 0 Å². The summed E-state index contributed by atoms with van der Waals surface area (Å²) in [5.41, 5.74) is 0.528. The Morgan fingerprint density at radius 1 is 1.04 bits per heavy atom. The normalized spacial score (nSPS) is 14.1. The predicted molar refractivity (Wildman–Crippen MR) is 105 cm³/mol. The molecule has 1 aliphatic heterocycles. The van der Waals surface area contributed by atoms with Gasteiger partial charge in [-0.3, -0.25) is 9.59 Å². The maximum atomic E-state index is 12.4. The van der Waals surface area contributed by atoms with Gasteiger partial charge in [-0.15, -0.1) is 0 Å². The van der Waals surface area contributed by atoms with E-state index in [0.717, 1.165) is 38.8 Å². The van der Waals surface area contributed by atoms with Crippen LogP contribution in [0.5, 0.6) is 11.5 Å². The van der Waals surface area contributed by atoms with Crippen LogP contribution in [0, 0.1) is 0 Å². The molecule has 150 valence electrons. The van der Waals surface area contributed by atoms with E-state index >= 15 is 0 Å². The molecule has 0 unspecified atom stereocenters. The zero-order valence-corrected chi connectivity index (χ0v) is 16.8. The van der Waals surface area contributed by atoms with Gasteiger partial charge in [0.1, 0.15) is 0 Å². The van der Waals surface area contributed by atoms with Gasteiger partial charge in [0.25, 0.3) is 11.8 Å². The lowest BCUT2D eigenvalue weighted by Crippen LogP contribution is -2.38. The maximum Gasteiger partial charge on any atom is 0.260 e. The molecule has 0 aromatic heterocycles. The second kappa shape index (κ2) is 10.8. The maximum absolute atomic E-state index is 12.4. The largest absolute Gasteiger partial charge is 0.490 e. The van der Waals surface area contributed by atoms with Crippen LogP contribution in [-0.4, -0.2) is 49.1 Å². The van der Waals surface area contributed by atoms with Gasteiger partial charge < -0.3 is 19.7 Å². The van der Waals surface area contributed by atoms with E-state index in [2.05, 4.69) is 19.2 Å². The van der Waals surface area contributed by atoms with E-state index in [1.54, 1.807) is 18.2 Å². The minimum Gasteiger partial charge on any atom is -0.490 e. The summed E-state index contributed by atoms with van der Waals surface area (Å²) in [4.78, 5) is 26.6. The topological polar surface area (TPSA) is 67.9 Å². The predicted octanol–water partition coefficient (Wildman–Crippen LogP) is 3.40. The number of carbonyl (C=O) groups is 2. The van der Waals surface area contributed by atoms with Crippen LogP contribution in [0.25, 0.3) is 0 Å². The highest BCUT2D eigenvalue weighted by molar-refractivity contribution is 5.95. The van der Waals surface area contributed by atoms with Crippen molar-refractivity contribution in [3.63, 3.8) is 0 Å². The molecule has 6 heteroatoms. The highest BCUT2D eigenvalue weighted by Gasteiger charge is 2.19. The lowest BCUT2D eigenvalue weighted by Gasteiger charge is -2.26. The summed E-state index contributed by atoms with van der Waals surface area (Å²) in [6.45, 7) is 8.02. The Kier molecular flexibility index (Phi) is 8.43. The molecule has 1 N–H and O–H groups in total. The van der Waals surface area contributed by atoms with Crippen molar-refractivity contribution in [2.24, 2.45) is 0 Å². The summed E-state index contributed by atoms with van der Waals surface area (Å²) in [6.07, 6.45) is 5.06. The molecule has 2 rings (SSSR count). The summed E-state index contributed by atoms with van der Waals surface area (Å²) in [5.74, 6) is 0.843. The third-order valence-corrected chi connectivity index (χ3v) is 4.89. The summed E-state index contributed by atoms with van der Waals surface area (Å²) in [6, 6.07) is 5.25. The second-order valence-corrected chi connectivity index (χ2v) is 6.81. The third kappa shape index (κ3) is 6.15. The smallest absolute Gasteiger partial charge is 0.260 e. The first-order chi connectivity index (χ1) is 13.1. The van der Waals surface area contributed by atoms with Gasteiger partial charge in [-0.2, -0.15) is 0 Å². The van der Waals surface area contributed by atoms with Gasteiger partial charge in [0, 0.05) is 24.7 Å². The van der Waals surface area contributed by atoms with Crippen molar-refractivity contribution in [2.45, 2.75) is 58.9 Å². The Hall–Kier alpha value is -2.24. The number of benzene rings is 1. The molecule has 6 nitrogen and oxygen atoms in total. The van der Waals surface area contributed by atoms with E-state index in [-0.39, 0.29) is 24.5 Å². The fourth-order valence-electron chi connectivity index (χ4n) is 3.17. The molecule has 1 fully saturated rings. The average Bonchev–Trinajstić information content (AvgIpc) is 2.71. The first-order valence-electron chi connectivity index (χ1n) is 10.1. The number of ether oxygens (including phenoxy) is 2. The monoisotopic (exact) mass is 376 g/mol. The first-order valence-corrected chi connectivity index (χ1v) is 10.1. The third-order valence-electron chi connectivity index (χ3n) is 4.89. The molecule has 0 spiro atoms. The number of nitrogens with zero attached hydrogens (tertiary/aromatic N) is 1. The van der Waals surface area contributed by atoms with Crippen LogP contribution in [-0.2, 0) is 4.79 Å². The SMILES string of the molecule is CCOc1cc(C(=O)NC(CC)CC)ccc1OCC(=O)N1CCCCC1. The quantitative estimate of drug-likeness (QED) is 0.717. The highest BCUT2D eigenvalue weighted by Crippen LogP contribution is 2.29. The van der Waals surface area contributed by atoms with Gasteiger partial charge in [-0.05, 0) is 57.2 Å². The first kappa shape index (κ1) is 21.1. The van der Waals surface area contributed by atoms with Crippen molar-refractivity contribution >= 4 is 11.8 Å². The standard InChI is InChI=1S/C21H32N2O4/c1-4-17(5-2)22-21(25)16-10-11-18(19(14-16)26-6-3)27-15-20(24)23-12-8-7-9-13-23/h10-11,14,17H,4-9,12-13,15H2,1-3H3,(H,22,25). The molecule has 0 saturated carbocycles. The molecule has 1 aromatic rings. The van der Waals surface area contributed by atoms with Crippen LogP contribution in [0.4, 0.5) is 0 Å². The summed E-state index contributed by atoms with van der Waals surface area (Å²) in [7, 11) is 0. The minimum atomic E-state index is -0.124. The Morgan fingerprint density at radius 2 is 1.74 bits per heavy atom. The second-order valence-electron chi connectivity index (χ2n) is 6.81. The number of piperidine rings is 1. The van der Waals surface area contributed by atoms with Gasteiger partial charge in [0.2, 0.25) is 0 Å². The van der Waals surface area contributed by atoms with Crippen molar-refractivity contribution in [1.29, 1.82) is 0 Å². The summed E-state index contributed by atoms with van der Waals surface area (Å²) in [5, 5.41) is 3.02. The van der Waals surface area contributed by atoms with E-state index in [1.807, 2.05) is 11.8 Å². The van der Waals surface area contributed by atoms with Crippen molar-refractivity contribution in [1.82, 2.24) is 10.2 Å². The van der Waals surface area contributed by atoms with E-state index in [0.29, 0.717) is 23.7 Å². The number of hydrogen-bond donors (Lipinski definition) is 1. The van der Waals surface area contributed by atoms with Crippen LogP contribution in [0.1, 0.15) is 63.2 Å². The minimum absolute atomic E-state index is 0.00676. The molecule has 2 amide bonds. The number of hydrogen-bond acceptors (Lipinski definition) is 4. The molecule has 27 heavy (non-hydrogen) atoms. The average molecular weight is 376 g/mol. The molecule has 1 heterocycles. The lowest BCUT2D eigenvalue weighted by atomic mass is 10.1. The van der Waals surface area contributed by atoms with Crippen LogP contribution in [0.15, 0.2) is 18.2 Å². The molecular weight excluding hydrogens is 344 g/mol. The summed E-state index contributed by atoms with van der Waals surface area (Å²) < 4.78 is 11.3. The van der Waals surface area contributed by atoms with Gasteiger partial charge in [-0.25, -0.2) is 0 Å². The van der Waals surface area contributed by atoms with Crippen LogP contribution in [0.2, 0.25) is 0 Å². The van der Waals surface area contributed by atoms with Crippen molar-refractivity contribution in [3.8, 4) is 11.5 Å². The molecule has 0 atom stereocenters. The van der Waals surface area contributed by atoms with Crippen molar-refractivity contribution in [2.75, 3.05) is 26.3 Å². The van der Waals surface area contributed by atoms with Crippen LogP contribution < -0.4 is 14.8 Å². The van der Waals surface area contributed by atoms with Gasteiger partial charge in [0.05, 0.1) is 6.61 Å². The Bertz CT molecular complexity index is 623. The van der Waals surface area contributed by atoms with E-state index in [1.165, 1.54) is 6.42 Å².